The zero-order valence-corrected chi connectivity index (χ0v) is 16.1. The van der Waals surface area contributed by atoms with Gasteiger partial charge in [0, 0.05) is 33.5 Å². The fourth-order valence-corrected chi connectivity index (χ4v) is 2.59. The summed E-state index contributed by atoms with van der Waals surface area (Å²) in [6.45, 7) is 4.33. The molecule has 27 heavy (non-hydrogen) atoms. The van der Waals surface area contributed by atoms with Crippen LogP contribution in [0.2, 0.25) is 0 Å². The second kappa shape index (κ2) is 10.6. The summed E-state index contributed by atoms with van der Waals surface area (Å²) in [5.41, 5.74) is 11.5. The van der Waals surface area contributed by atoms with Gasteiger partial charge in [-0.2, -0.15) is 0 Å². The normalized spacial score (nSPS) is 10.6. The van der Waals surface area contributed by atoms with Crippen molar-refractivity contribution in [2.75, 3.05) is 5.73 Å². The molecule has 2 rings (SSSR count). The van der Waals surface area contributed by atoms with Crippen molar-refractivity contribution in [1.29, 1.82) is 0 Å². The van der Waals surface area contributed by atoms with Crippen molar-refractivity contribution in [3.8, 4) is 36.0 Å². The Hall–Kier alpha value is -3.34. The minimum atomic E-state index is 0.748. The van der Waals surface area contributed by atoms with Crippen LogP contribution in [0.15, 0.2) is 59.7 Å². The average Bonchev–Trinajstić information content (AvgIpc) is 2.70. The smallest absolute Gasteiger partial charge is 0.0314 e. The van der Waals surface area contributed by atoms with Gasteiger partial charge in [0.2, 0.25) is 0 Å². The molecule has 0 aliphatic carbocycles. The van der Waals surface area contributed by atoms with Gasteiger partial charge in [0.15, 0.2) is 0 Å². The van der Waals surface area contributed by atoms with Crippen LogP contribution in [0.1, 0.15) is 56.2 Å². The first kappa shape index (κ1) is 20.0. The lowest BCUT2D eigenvalue weighted by atomic mass is 9.99. The molecule has 134 valence electrons. The Morgan fingerprint density at radius 2 is 1.15 bits per heavy atom. The van der Waals surface area contributed by atoms with Gasteiger partial charge >= 0.3 is 0 Å². The molecule has 0 spiro atoms. The predicted octanol–water partition coefficient (Wildman–Crippen LogP) is 5.55. The second-order valence-electron chi connectivity index (χ2n) is 6.30. The average molecular weight is 351 g/mol. The van der Waals surface area contributed by atoms with E-state index in [1.807, 2.05) is 48.5 Å². The van der Waals surface area contributed by atoms with Gasteiger partial charge in [0.25, 0.3) is 0 Å². The minimum absolute atomic E-state index is 0.748. The van der Waals surface area contributed by atoms with Crippen molar-refractivity contribution in [2.45, 2.75) is 39.5 Å². The number of nitrogens with two attached hydrogens (primary N) is 1. The number of benzene rings is 2. The third kappa shape index (κ3) is 6.47. The van der Waals surface area contributed by atoms with E-state index in [0.717, 1.165) is 59.2 Å². The molecule has 1 heteroatoms. The predicted molar refractivity (Wildman–Crippen MR) is 116 cm³/mol. The second-order valence-corrected chi connectivity index (χ2v) is 6.30. The van der Waals surface area contributed by atoms with E-state index in [9.17, 15) is 0 Å². The van der Waals surface area contributed by atoms with Crippen molar-refractivity contribution in [3.05, 3.63) is 76.4 Å². The van der Waals surface area contributed by atoms with E-state index in [1.54, 1.807) is 0 Å². The van der Waals surface area contributed by atoms with Crippen LogP contribution >= 0.6 is 0 Å². The number of allylic oxidation sites excluding steroid dienone is 2. The number of hydrogen-bond donors (Lipinski definition) is 1. The topological polar surface area (TPSA) is 26.0 Å². The number of nitrogen functional groups attached to an aromatic ring is 1. The van der Waals surface area contributed by atoms with Crippen LogP contribution in [-0.4, -0.2) is 0 Å². The summed E-state index contributed by atoms with van der Waals surface area (Å²) in [6.07, 6.45) is 9.35. The molecule has 2 aromatic rings. The molecule has 2 aromatic carbocycles. The lowest BCUT2D eigenvalue weighted by molar-refractivity contribution is 0.879. The number of terminal acetylenes is 1. The fourth-order valence-electron chi connectivity index (χ4n) is 2.59. The standard InChI is InChI=1S/C26H25N/c1-4-7-24(17-13-22-11-9-21(6-3)10-12-22)25(8-5-2)18-14-23-15-19-26(27)20-16-23/h3,9-12,15-16,19-20H,4-5,7-8,27H2,1-2H3/b25-24+. The molecule has 0 fully saturated rings. The van der Waals surface area contributed by atoms with Gasteiger partial charge in [0.05, 0.1) is 0 Å². The van der Waals surface area contributed by atoms with Crippen molar-refractivity contribution < 1.29 is 0 Å². The molecular weight excluding hydrogens is 326 g/mol. The maximum atomic E-state index is 5.74. The van der Waals surface area contributed by atoms with E-state index < -0.39 is 0 Å². The molecule has 0 saturated carbocycles. The van der Waals surface area contributed by atoms with Gasteiger partial charge in [-0.1, -0.05) is 56.3 Å². The van der Waals surface area contributed by atoms with E-state index in [1.165, 1.54) is 0 Å². The van der Waals surface area contributed by atoms with Gasteiger partial charge in [0.1, 0.15) is 0 Å². The molecule has 2 N–H and O–H groups in total. The van der Waals surface area contributed by atoms with Crippen molar-refractivity contribution in [2.24, 2.45) is 0 Å². The Bertz CT molecular complexity index is 944. The molecule has 0 atom stereocenters. The van der Waals surface area contributed by atoms with Crippen molar-refractivity contribution in [3.63, 3.8) is 0 Å². The summed E-state index contributed by atoms with van der Waals surface area (Å²) < 4.78 is 0. The monoisotopic (exact) mass is 351 g/mol. The van der Waals surface area contributed by atoms with E-state index >= 15 is 0 Å². The highest BCUT2D eigenvalue weighted by Gasteiger charge is 2.02. The first-order chi connectivity index (χ1) is 13.2. The molecule has 0 radical (unpaired) electrons. The maximum absolute atomic E-state index is 5.74. The number of anilines is 1. The molecule has 0 aliphatic rings. The highest BCUT2D eigenvalue weighted by Crippen LogP contribution is 2.16. The lowest BCUT2D eigenvalue weighted by Gasteiger charge is -2.04. The Balaban J connectivity index is 2.37. The summed E-state index contributed by atoms with van der Waals surface area (Å²) in [5.74, 6) is 15.9. The van der Waals surface area contributed by atoms with Gasteiger partial charge < -0.3 is 5.73 Å². The van der Waals surface area contributed by atoms with Gasteiger partial charge in [-0.3, -0.25) is 0 Å². The first-order valence-corrected chi connectivity index (χ1v) is 9.34. The molecule has 1 nitrogen and oxygen atoms in total. The number of hydrogen-bond acceptors (Lipinski definition) is 1. The Kier molecular flexibility index (Phi) is 7.85. The highest BCUT2D eigenvalue weighted by atomic mass is 14.5. The van der Waals surface area contributed by atoms with Crippen LogP contribution in [-0.2, 0) is 0 Å². The molecule has 0 amide bonds. The first-order valence-electron chi connectivity index (χ1n) is 9.34. The lowest BCUT2D eigenvalue weighted by Crippen LogP contribution is -1.90. The summed E-state index contributed by atoms with van der Waals surface area (Å²) in [5, 5.41) is 0. The summed E-state index contributed by atoms with van der Waals surface area (Å²) in [6, 6.07) is 15.4. The Morgan fingerprint density at radius 3 is 1.56 bits per heavy atom. The van der Waals surface area contributed by atoms with Crippen molar-refractivity contribution in [1.82, 2.24) is 0 Å². The van der Waals surface area contributed by atoms with E-state index in [-0.39, 0.29) is 0 Å². The third-order valence-electron chi connectivity index (χ3n) is 4.04. The third-order valence-corrected chi connectivity index (χ3v) is 4.04. The van der Waals surface area contributed by atoms with Crippen LogP contribution in [0.5, 0.6) is 0 Å². The van der Waals surface area contributed by atoms with E-state index in [4.69, 9.17) is 12.2 Å². The maximum Gasteiger partial charge on any atom is 0.0314 e. The zero-order valence-electron chi connectivity index (χ0n) is 16.1. The summed E-state index contributed by atoms with van der Waals surface area (Å²) in [7, 11) is 0. The van der Waals surface area contributed by atoms with E-state index in [2.05, 4.69) is 43.4 Å². The van der Waals surface area contributed by atoms with E-state index in [0.29, 0.717) is 0 Å². The largest absolute Gasteiger partial charge is 0.399 e. The number of rotatable bonds is 4. The van der Waals surface area contributed by atoms with Crippen molar-refractivity contribution >= 4 is 5.69 Å². The van der Waals surface area contributed by atoms with Crippen LogP contribution < -0.4 is 5.73 Å². The van der Waals surface area contributed by atoms with Gasteiger partial charge in [-0.25, -0.2) is 0 Å². The van der Waals surface area contributed by atoms with Crippen LogP contribution in [0.25, 0.3) is 0 Å². The Labute approximate surface area is 163 Å². The summed E-state index contributed by atoms with van der Waals surface area (Å²) in [4.78, 5) is 0. The fraction of sp³-hybridized carbons (Fsp3) is 0.231. The Morgan fingerprint density at radius 1 is 0.741 bits per heavy atom. The molecule has 0 aromatic heterocycles. The zero-order chi connectivity index (χ0) is 19.5. The molecule has 0 saturated heterocycles. The molecule has 0 unspecified atom stereocenters. The van der Waals surface area contributed by atoms with Crippen LogP contribution in [0.4, 0.5) is 5.69 Å². The molecule has 0 heterocycles. The molecule has 0 bridgehead atoms. The van der Waals surface area contributed by atoms with Crippen LogP contribution in [0.3, 0.4) is 0 Å². The SMILES string of the molecule is C#Cc1ccc(C#C/C(CCC)=C(/C#Cc2ccc(N)cc2)CCC)cc1. The molecular formula is C26H25N. The quantitative estimate of drug-likeness (QED) is 0.567. The highest BCUT2D eigenvalue weighted by molar-refractivity contribution is 5.51. The van der Waals surface area contributed by atoms with Gasteiger partial charge in [-0.05, 0) is 61.4 Å². The van der Waals surface area contributed by atoms with Crippen LogP contribution in [0, 0.1) is 36.0 Å². The summed E-state index contributed by atoms with van der Waals surface area (Å²) >= 11 is 0. The van der Waals surface area contributed by atoms with Gasteiger partial charge in [-0.15, -0.1) is 6.42 Å². The molecule has 0 aliphatic heterocycles. The minimum Gasteiger partial charge on any atom is -0.399 e.